The zero-order chi connectivity index (χ0) is 28.5. The maximum absolute atomic E-state index is 12.9. The molecule has 2 fully saturated rings. The van der Waals surface area contributed by atoms with Crippen LogP contribution in [0.5, 0.6) is 17.2 Å². The normalized spacial score (nSPS) is 16.3. The number of rotatable bonds is 11. The summed E-state index contributed by atoms with van der Waals surface area (Å²) in [6.45, 7) is 6.08. The number of hydrogen-bond donors (Lipinski definition) is 1. The molecule has 40 heavy (non-hydrogen) atoms. The van der Waals surface area contributed by atoms with E-state index < -0.39 is 23.6 Å². The van der Waals surface area contributed by atoms with E-state index in [0.717, 1.165) is 16.7 Å². The van der Waals surface area contributed by atoms with Crippen LogP contribution in [0.1, 0.15) is 19.4 Å². The van der Waals surface area contributed by atoms with Crippen LogP contribution in [-0.4, -0.2) is 85.4 Å². The molecule has 2 aliphatic rings. The van der Waals surface area contributed by atoms with E-state index in [1.54, 1.807) is 53.4 Å². The SMILES string of the molecule is CCOc1ccc(NC(=O)CN2C(=O)S/C(=C\c3ccc(OCC(=O)N4CCOCC4)c(OCC)c3)C2=O)cc1. The zero-order valence-electron chi connectivity index (χ0n) is 22.3. The van der Waals surface area contributed by atoms with E-state index in [4.69, 9.17) is 18.9 Å². The predicted octanol–water partition coefficient (Wildman–Crippen LogP) is 3.40. The van der Waals surface area contributed by atoms with Gasteiger partial charge in [0.2, 0.25) is 5.91 Å². The molecule has 0 radical (unpaired) electrons. The highest BCUT2D eigenvalue weighted by molar-refractivity contribution is 8.18. The predicted molar refractivity (Wildman–Crippen MR) is 149 cm³/mol. The molecule has 11 nitrogen and oxygen atoms in total. The lowest BCUT2D eigenvalue weighted by molar-refractivity contribution is -0.137. The molecular formula is C28H31N3O8S. The maximum Gasteiger partial charge on any atom is 0.294 e. The van der Waals surface area contributed by atoms with Gasteiger partial charge in [-0.2, -0.15) is 0 Å². The molecule has 0 aromatic heterocycles. The fourth-order valence-electron chi connectivity index (χ4n) is 3.98. The minimum atomic E-state index is -0.564. The van der Waals surface area contributed by atoms with Crippen LogP contribution in [0.25, 0.3) is 6.08 Å². The Labute approximate surface area is 236 Å². The minimum absolute atomic E-state index is 0.142. The van der Waals surface area contributed by atoms with E-state index in [1.807, 2.05) is 13.8 Å². The third kappa shape index (κ3) is 7.54. The molecule has 0 spiro atoms. The molecule has 2 heterocycles. The lowest BCUT2D eigenvalue weighted by Crippen LogP contribution is -2.43. The van der Waals surface area contributed by atoms with Crippen LogP contribution in [0.3, 0.4) is 0 Å². The summed E-state index contributed by atoms with van der Waals surface area (Å²) in [5, 5.41) is 2.14. The van der Waals surface area contributed by atoms with E-state index in [-0.39, 0.29) is 17.4 Å². The van der Waals surface area contributed by atoms with Crippen molar-refractivity contribution >= 4 is 46.5 Å². The quantitative estimate of drug-likeness (QED) is 0.406. The second kappa shape index (κ2) is 13.9. The molecule has 0 unspecified atom stereocenters. The molecule has 0 saturated carbocycles. The molecule has 2 aliphatic heterocycles. The first-order chi connectivity index (χ1) is 19.4. The van der Waals surface area contributed by atoms with Gasteiger partial charge in [-0.3, -0.25) is 24.1 Å². The molecular weight excluding hydrogens is 538 g/mol. The summed E-state index contributed by atoms with van der Waals surface area (Å²) in [6, 6.07) is 11.8. The molecule has 212 valence electrons. The molecule has 12 heteroatoms. The molecule has 1 N–H and O–H groups in total. The summed E-state index contributed by atoms with van der Waals surface area (Å²) in [5.41, 5.74) is 1.12. The number of morpholine rings is 1. The first-order valence-electron chi connectivity index (χ1n) is 12.9. The summed E-state index contributed by atoms with van der Waals surface area (Å²) in [5.74, 6) is 0.255. The zero-order valence-corrected chi connectivity index (χ0v) is 23.2. The van der Waals surface area contributed by atoms with Crippen LogP contribution in [0, 0.1) is 0 Å². The second-order valence-corrected chi connectivity index (χ2v) is 9.69. The van der Waals surface area contributed by atoms with Gasteiger partial charge in [-0.05, 0) is 73.6 Å². The van der Waals surface area contributed by atoms with Crippen molar-refractivity contribution in [2.75, 3.05) is 58.0 Å². The highest BCUT2D eigenvalue weighted by atomic mass is 32.2. The van der Waals surface area contributed by atoms with Gasteiger partial charge in [0, 0.05) is 18.8 Å². The van der Waals surface area contributed by atoms with E-state index in [2.05, 4.69) is 5.32 Å². The number of nitrogens with one attached hydrogen (secondary N) is 1. The van der Waals surface area contributed by atoms with Gasteiger partial charge in [0.25, 0.3) is 17.1 Å². The first-order valence-corrected chi connectivity index (χ1v) is 13.7. The molecule has 4 amide bonds. The summed E-state index contributed by atoms with van der Waals surface area (Å²) in [6.07, 6.45) is 1.56. The van der Waals surface area contributed by atoms with E-state index >= 15 is 0 Å². The van der Waals surface area contributed by atoms with Crippen molar-refractivity contribution in [2.45, 2.75) is 13.8 Å². The van der Waals surface area contributed by atoms with E-state index in [9.17, 15) is 19.2 Å². The number of anilines is 1. The summed E-state index contributed by atoms with van der Waals surface area (Å²) in [7, 11) is 0. The molecule has 0 atom stereocenters. The number of benzene rings is 2. The Morgan fingerprint density at radius 3 is 2.40 bits per heavy atom. The standard InChI is InChI=1S/C28H31N3O8S/c1-3-37-21-8-6-20(7-9-21)29-25(32)17-31-27(34)24(40-28(31)35)16-19-5-10-22(23(15-19)38-4-2)39-18-26(33)30-11-13-36-14-12-30/h5-10,15-16H,3-4,11-14,17-18H2,1-2H3,(H,29,32)/b24-16-. The number of hydrogen-bond acceptors (Lipinski definition) is 9. The van der Waals surface area contributed by atoms with Gasteiger partial charge in [-0.1, -0.05) is 6.07 Å². The van der Waals surface area contributed by atoms with Crippen LogP contribution >= 0.6 is 11.8 Å². The third-order valence-electron chi connectivity index (χ3n) is 5.90. The highest BCUT2D eigenvalue weighted by Crippen LogP contribution is 2.34. The van der Waals surface area contributed by atoms with Gasteiger partial charge >= 0.3 is 0 Å². The summed E-state index contributed by atoms with van der Waals surface area (Å²) in [4.78, 5) is 53.2. The maximum atomic E-state index is 12.9. The average molecular weight is 570 g/mol. The number of carbonyl (C=O) groups excluding carboxylic acids is 4. The van der Waals surface area contributed by atoms with E-state index in [0.29, 0.717) is 68.0 Å². The topological polar surface area (TPSA) is 124 Å². The smallest absolute Gasteiger partial charge is 0.294 e. The second-order valence-electron chi connectivity index (χ2n) is 8.69. The number of nitrogens with zero attached hydrogens (tertiary/aromatic N) is 2. The fourth-order valence-corrected chi connectivity index (χ4v) is 4.82. The highest BCUT2D eigenvalue weighted by Gasteiger charge is 2.36. The van der Waals surface area contributed by atoms with Gasteiger partial charge in [0.05, 0.1) is 31.3 Å². The van der Waals surface area contributed by atoms with Crippen LogP contribution in [0.4, 0.5) is 10.5 Å². The molecule has 2 aromatic rings. The Morgan fingerprint density at radius 2 is 1.70 bits per heavy atom. The fraction of sp³-hybridized carbons (Fsp3) is 0.357. The Morgan fingerprint density at radius 1 is 0.975 bits per heavy atom. The third-order valence-corrected chi connectivity index (χ3v) is 6.81. The molecule has 0 bridgehead atoms. The van der Waals surface area contributed by atoms with Gasteiger partial charge < -0.3 is 29.2 Å². The number of imide groups is 1. The van der Waals surface area contributed by atoms with Gasteiger partial charge in [-0.25, -0.2) is 0 Å². The number of thioether (sulfide) groups is 1. The summed E-state index contributed by atoms with van der Waals surface area (Å²) >= 11 is 0.755. The molecule has 4 rings (SSSR count). The monoisotopic (exact) mass is 569 g/mol. The van der Waals surface area contributed by atoms with Crippen molar-refractivity contribution in [1.29, 1.82) is 0 Å². The first kappa shape index (κ1) is 29.0. The summed E-state index contributed by atoms with van der Waals surface area (Å²) < 4.78 is 22.1. The van der Waals surface area contributed by atoms with Crippen molar-refractivity contribution in [1.82, 2.24) is 9.80 Å². The van der Waals surface area contributed by atoms with Crippen molar-refractivity contribution in [3.05, 3.63) is 52.9 Å². The Balaban J connectivity index is 1.38. The van der Waals surface area contributed by atoms with Crippen molar-refractivity contribution in [3.63, 3.8) is 0 Å². The van der Waals surface area contributed by atoms with E-state index in [1.165, 1.54) is 0 Å². The van der Waals surface area contributed by atoms with Gasteiger partial charge in [-0.15, -0.1) is 0 Å². The van der Waals surface area contributed by atoms with Crippen molar-refractivity contribution in [2.24, 2.45) is 0 Å². The van der Waals surface area contributed by atoms with Crippen LogP contribution in [-0.2, 0) is 19.1 Å². The molecule has 2 aromatic carbocycles. The minimum Gasteiger partial charge on any atom is -0.494 e. The molecule has 2 saturated heterocycles. The van der Waals surface area contributed by atoms with Crippen molar-refractivity contribution < 1.29 is 38.1 Å². The number of amides is 4. The Hall–Kier alpha value is -4.03. The lowest BCUT2D eigenvalue weighted by Gasteiger charge is -2.26. The number of carbonyl (C=O) groups is 4. The largest absolute Gasteiger partial charge is 0.494 e. The average Bonchev–Trinajstić information content (AvgIpc) is 3.21. The number of ether oxygens (including phenoxy) is 4. The van der Waals surface area contributed by atoms with Gasteiger partial charge in [0.15, 0.2) is 18.1 Å². The Kier molecular flexibility index (Phi) is 10.0. The van der Waals surface area contributed by atoms with Crippen LogP contribution in [0.2, 0.25) is 0 Å². The lowest BCUT2D eigenvalue weighted by atomic mass is 10.2. The van der Waals surface area contributed by atoms with Gasteiger partial charge in [0.1, 0.15) is 12.3 Å². The van der Waals surface area contributed by atoms with Crippen molar-refractivity contribution in [3.8, 4) is 17.2 Å². The molecule has 0 aliphatic carbocycles. The van der Waals surface area contributed by atoms with Crippen LogP contribution < -0.4 is 19.5 Å². The Bertz CT molecular complexity index is 1270. The van der Waals surface area contributed by atoms with Crippen LogP contribution in [0.15, 0.2) is 47.4 Å².